The van der Waals surface area contributed by atoms with Crippen molar-refractivity contribution in [2.24, 2.45) is 0 Å². The van der Waals surface area contributed by atoms with Crippen LogP contribution in [-0.2, 0) is 11.8 Å². The lowest BCUT2D eigenvalue weighted by atomic mass is 9.80. The Hall–Kier alpha value is -5.14. The predicted molar refractivity (Wildman–Crippen MR) is 192 cm³/mol. The van der Waals surface area contributed by atoms with E-state index in [1.807, 2.05) is 0 Å². The summed E-state index contributed by atoms with van der Waals surface area (Å²) < 4.78 is 0. The number of hydrogen-bond donors (Lipinski definition) is 0. The fraction of sp³-hybridized carbons (Fsp3) is 0.136. The maximum Gasteiger partial charge on any atom is 0.0450 e. The Morgan fingerprint density at radius 1 is 0.511 bits per heavy atom. The van der Waals surface area contributed by atoms with Gasteiger partial charge in [-0.2, -0.15) is 0 Å². The van der Waals surface area contributed by atoms with Gasteiger partial charge in [-0.1, -0.05) is 129 Å². The van der Waals surface area contributed by atoms with E-state index < -0.39 is 0 Å². The van der Waals surface area contributed by atoms with E-state index in [0.717, 1.165) is 6.42 Å². The molecule has 0 fully saturated rings. The second-order valence-corrected chi connectivity index (χ2v) is 13.5. The zero-order valence-electron chi connectivity index (χ0n) is 26.3. The molecule has 0 unspecified atom stereocenters. The summed E-state index contributed by atoms with van der Waals surface area (Å²) in [5.41, 5.74) is 17.3. The number of aryl methyl sites for hydroxylation is 1. The summed E-state index contributed by atoms with van der Waals surface area (Å²) in [6, 6.07) is 48.0. The van der Waals surface area contributed by atoms with Gasteiger partial charge in [0.15, 0.2) is 0 Å². The molecule has 0 bridgehead atoms. The molecule has 0 aromatic heterocycles. The minimum Gasteiger partial charge on any atom is -0.344 e. The van der Waals surface area contributed by atoms with Crippen LogP contribution in [0.4, 0.5) is 11.4 Å². The first kappa shape index (κ1) is 26.3. The minimum atomic E-state index is -0.0438. The highest BCUT2D eigenvalue weighted by Crippen LogP contribution is 2.51. The molecule has 1 heteroatoms. The lowest BCUT2D eigenvalue weighted by molar-refractivity contribution is 0.660. The van der Waals surface area contributed by atoms with Crippen LogP contribution in [0.1, 0.15) is 41.7 Å². The summed E-state index contributed by atoms with van der Waals surface area (Å²) in [4.78, 5) is 2.37. The average Bonchev–Trinajstić information content (AvgIpc) is 3.29. The molecule has 0 radical (unpaired) electrons. The molecular formula is C44H35N. The average molecular weight is 578 g/mol. The number of anilines is 2. The second kappa shape index (κ2) is 9.43. The maximum atomic E-state index is 2.47. The Labute approximate surface area is 265 Å². The van der Waals surface area contributed by atoms with Gasteiger partial charge in [0.2, 0.25) is 0 Å². The van der Waals surface area contributed by atoms with Gasteiger partial charge in [0.1, 0.15) is 0 Å². The number of rotatable bonds is 2. The summed E-state index contributed by atoms with van der Waals surface area (Å²) in [5.74, 6) is 0. The van der Waals surface area contributed by atoms with Crippen molar-refractivity contribution in [3.63, 3.8) is 0 Å². The van der Waals surface area contributed by atoms with Crippen LogP contribution in [0.15, 0.2) is 127 Å². The van der Waals surface area contributed by atoms with Gasteiger partial charge in [-0.3, -0.25) is 0 Å². The monoisotopic (exact) mass is 577 g/mol. The minimum absolute atomic E-state index is 0.0438. The highest BCUT2D eigenvalue weighted by atomic mass is 15.1. The van der Waals surface area contributed by atoms with Crippen molar-refractivity contribution in [1.82, 2.24) is 0 Å². The number of fused-ring (bicyclic) bond motifs is 7. The molecular weight excluding hydrogens is 542 g/mol. The van der Waals surface area contributed by atoms with Crippen LogP contribution in [0.25, 0.3) is 54.9 Å². The van der Waals surface area contributed by atoms with Crippen LogP contribution >= 0.6 is 0 Å². The van der Waals surface area contributed by atoms with Crippen molar-refractivity contribution in [2.45, 2.75) is 32.6 Å². The van der Waals surface area contributed by atoms with Gasteiger partial charge in [-0.25, -0.2) is 0 Å². The third-order valence-electron chi connectivity index (χ3n) is 10.5. The standard InChI is InChI=1S/C44H35N/c1-27-17-21-36-37(23-27)43(31-19-18-29-24-28-11-5-10-16-40(28)45(4)41(29)26-31)35-14-7-6-13-34(35)42(36)30-20-22-33-32-12-8-9-15-38(32)44(2,3)39(33)25-30/h5-23,25-26H,24H2,1-4H3. The quantitative estimate of drug-likeness (QED) is 0.185. The van der Waals surface area contributed by atoms with Gasteiger partial charge in [0.25, 0.3) is 0 Å². The predicted octanol–water partition coefficient (Wildman–Crippen LogP) is 11.6. The third kappa shape index (κ3) is 3.74. The number of hydrogen-bond acceptors (Lipinski definition) is 1. The number of benzene rings is 7. The van der Waals surface area contributed by atoms with Crippen molar-refractivity contribution in [2.75, 3.05) is 11.9 Å². The number of para-hydroxylation sites is 1. The van der Waals surface area contributed by atoms with E-state index in [1.165, 1.54) is 94.1 Å². The lowest BCUT2D eigenvalue weighted by Crippen LogP contribution is -2.18. The van der Waals surface area contributed by atoms with E-state index in [1.54, 1.807) is 0 Å². The van der Waals surface area contributed by atoms with Gasteiger partial charge >= 0.3 is 0 Å². The summed E-state index contributed by atoms with van der Waals surface area (Å²) in [7, 11) is 2.21. The fourth-order valence-corrected chi connectivity index (χ4v) is 8.28. The van der Waals surface area contributed by atoms with E-state index >= 15 is 0 Å². The van der Waals surface area contributed by atoms with E-state index in [0.29, 0.717) is 0 Å². The molecule has 0 spiro atoms. The molecule has 0 N–H and O–H groups in total. The molecule has 9 rings (SSSR count). The lowest BCUT2D eigenvalue weighted by Gasteiger charge is -2.31. The molecule has 0 saturated heterocycles. The Kier molecular flexibility index (Phi) is 5.51. The smallest absolute Gasteiger partial charge is 0.0450 e. The molecule has 7 aromatic carbocycles. The normalized spacial score (nSPS) is 14.3. The molecule has 1 aliphatic heterocycles. The van der Waals surface area contributed by atoms with Crippen molar-refractivity contribution >= 4 is 32.9 Å². The summed E-state index contributed by atoms with van der Waals surface area (Å²) in [6.07, 6.45) is 0.966. The van der Waals surface area contributed by atoms with Gasteiger partial charge in [-0.05, 0) is 102 Å². The Morgan fingerprint density at radius 2 is 1.13 bits per heavy atom. The topological polar surface area (TPSA) is 3.24 Å². The molecule has 2 aliphatic rings. The molecule has 1 heterocycles. The largest absolute Gasteiger partial charge is 0.344 e. The van der Waals surface area contributed by atoms with Crippen molar-refractivity contribution < 1.29 is 0 Å². The molecule has 1 aliphatic carbocycles. The van der Waals surface area contributed by atoms with Crippen molar-refractivity contribution in [3.05, 3.63) is 155 Å². The summed E-state index contributed by atoms with van der Waals surface area (Å²) >= 11 is 0. The Bertz CT molecular complexity index is 2360. The van der Waals surface area contributed by atoms with Crippen LogP contribution in [0.2, 0.25) is 0 Å². The molecule has 0 amide bonds. The second-order valence-electron chi connectivity index (χ2n) is 13.5. The zero-order chi connectivity index (χ0) is 30.4. The van der Waals surface area contributed by atoms with Crippen LogP contribution < -0.4 is 4.90 Å². The first-order chi connectivity index (χ1) is 21.9. The highest BCUT2D eigenvalue weighted by molar-refractivity contribution is 6.21. The van der Waals surface area contributed by atoms with Crippen molar-refractivity contribution in [1.29, 1.82) is 0 Å². The first-order valence-electron chi connectivity index (χ1n) is 16.0. The van der Waals surface area contributed by atoms with Gasteiger partial charge in [-0.15, -0.1) is 0 Å². The zero-order valence-corrected chi connectivity index (χ0v) is 26.3. The molecule has 45 heavy (non-hydrogen) atoms. The molecule has 0 atom stereocenters. The van der Waals surface area contributed by atoms with E-state index in [4.69, 9.17) is 0 Å². The maximum absolute atomic E-state index is 2.47. The van der Waals surface area contributed by atoms with E-state index in [2.05, 4.69) is 160 Å². The Balaban J connectivity index is 1.30. The molecule has 1 nitrogen and oxygen atoms in total. The molecule has 0 saturated carbocycles. The summed E-state index contributed by atoms with van der Waals surface area (Å²) in [6.45, 7) is 6.95. The van der Waals surface area contributed by atoms with Gasteiger partial charge in [0.05, 0.1) is 0 Å². The Morgan fingerprint density at radius 3 is 1.98 bits per heavy atom. The van der Waals surface area contributed by atoms with E-state index in [-0.39, 0.29) is 5.41 Å². The first-order valence-corrected chi connectivity index (χ1v) is 16.0. The summed E-state index contributed by atoms with van der Waals surface area (Å²) in [5, 5.41) is 5.21. The van der Waals surface area contributed by atoms with Gasteiger partial charge < -0.3 is 4.90 Å². The highest BCUT2D eigenvalue weighted by Gasteiger charge is 2.35. The van der Waals surface area contributed by atoms with Gasteiger partial charge in [0, 0.05) is 30.3 Å². The van der Waals surface area contributed by atoms with Crippen LogP contribution in [0.5, 0.6) is 0 Å². The van der Waals surface area contributed by atoms with Crippen molar-refractivity contribution in [3.8, 4) is 33.4 Å². The molecule has 7 aromatic rings. The molecule has 216 valence electrons. The third-order valence-corrected chi connectivity index (χ3v) is 10.5. The van der Waals surface area contributed by atoms with E-state index in [9.17, 15) is 0 Å². The SMILES string of the molecule is Cc1ccc2c(-c3ccc4c(c3)C(C)(C)c3ccccc3-4)c3ccccc3c(-c3ccc4c(c3)N(C)c3ccccc3C4)c2c1. The van der Waals surface area contributed by atoms with Crippen LogP contribution in [0.3, 0.4) is 0 Å². The number of nitrogens with zero attached hydrogens (tertiary/aromatic N) is 1. The van der Waals surface area contributed by atoms with Crippen LogP contribution in [-0.4, -0.2) is 7.05 Å². The van der Waals surface area contributed by atoms with Crippen LogP contribution in [0, 0.1) is 6.92 Å². The fourth-order valence-electron chi connectivity index (χ4n) is 8.28.